The van der Waals surface area contributed by atoms with Crippen LogP contribution in [0.1, 0.15) is 32.6 Å². The van der Waals surface area contributed by atoms with Crippen LogP contribution in [0.2, 0.25) is 0 Å². The molecule has 1 heterocycles. The molecule has 10 heavy (non-hydrogen) atoms. The van der Waals surface area contributed by atoms with Crippen LogP contribution in [0.25, 0.3) is 0 Å². The zero-order chi connectivity index (χ0) is 7.03. The summed E-state index contributed by atoms with van der Waals surface area (Å²) < 4.78 is 0. The number of hydrogen-bond donors (Lipinski definition) is 1. The van der Waals surface area contributed by atoms with Crippen LogP contribution < -0.4 is 5.32 Å². The van der Waals surface area contributed by atoms with Crippen molar-refractivity contribution >= 4 is 0 Å². The molecular weight excluding hydrogens is 122 g/mol. The molecule has 1 aliphatic heterocycles. The molecule has 1 spiro atoms. The Hall–Kier alpha value is -0.0400. The zero-order valence-electron chi connectivity index (χ0n) is 6.82. The molecule has 0 radical (unpaired) electrons. The molecule has 2 aliphatic rings. The summed E-state index contributed by atoms with van der Waals surface area (Å²) in [4.78, 5) is 0. The molecule has 2 atom stereocenters. The molecule has 1 saturated heterocycles. The van der Waals surface area contributed by atoms with Crippen molar-refractivity contribution in [1.82, 2.24) is 5.32 Å². The van der Waals surface area contributed by atoms with Crippen molar-refractivity contribution in [1.29, 1.82) is 0 Å². The van der Waals surface area contributed by atoms with Crippen molar-refractivity contribution in [3.63, 3.8) is 0 Å². The Morgan fingerprint density at radius 1 is 1.40 bits per heavy atom. The van der Waals surface area contributed by atoms with Gasteiger partial charge < -0.3 is 5.32 Å². The van der Waals surface area contributed by atoms with Crippen LogP contribution in [0, 0.1) is 11.3 Å². The zero-order valence-corrected chi connectivity index (χ0v) is 6.82. The third kappa shape index (κ3) is 0.968. The van der Waals surface area contributed by atoms with E-state index in [1.807, 2.05) is 0 Å². The standard InChI is InChI=1S/C9H17N/c1-8-2-3-9(6-8)4-5-10-7-9/h8,10H,2-7H2,1H3/t8-,9+/m1/s1. The quantitative estimate of drug-likeness (QED) is 0.539. The first-order chi connectivity index (χ1) is 4.81. The summed E-state index contributed by atoms with van der Waals surface area (Å²) in [6, 6.07) is 0. The predicted molar refractivity (Wildman–Crippen MR) is 42.9 cm³/mol. The van der Waals surface area contributed by atoms with Crippen molar-refractivity contribution in [2.75, 3.05) is 13.1 Å². The molecule has 0 amide bonds. The van der Waals surface area contributed by atoms with Crippen molar-refractivity contribution in [2.45, 2.75) is 32.6 Å². The average Bonchev–Trinajstić information content (AvgIpc) is 2.46. The highest BCUT2D eigenvalue weighted by atomic mass is 14.9. The van der Waals surface area contributed by atoms with E-state index in [2.05, 4.69) is 12.2 Å². The maximum Gasteiger partial charge on any atom is 0.000839 e. The third-order valence-corrected chi connectivity index (χ3v) is 3.28. The molecule has 1 heteroatoms. The summed E-state index contributed by atoms with van der Waals surface area (Å²) in [5.41, 5.74) is 0.749. The molecule has 1 saturated carbocycles. The van der Waals surface area contributed by atoms with E-state index in [0.29, 0.717) is 0 Å². The van der Waals surface area contributed by atoms with Gasteiger partial charge in [-0.2, -0.15) is 0 Å². The Labute approximate surface area is 63.2 Å². The lowest BCUT2D eigenvalue weighted by Crippen LogP contribution is -2.20. The first-order valence-corrected chi connectivity index (χ1v) is 4.52. The Morgan fingerprint density at radius 2 is 2.30 bits per heavy atom. The van der Waals surface area contributed by atoms with Gasteiger partial charge in [0.25, 0.3) is 0 Å². The lowest BCUT2D eigenvalue weighted by atomic mass is 9.85. The first-order valence-electron chi connectivity index (χ1n) is 4.52. The lowest BCUT2D eigenvalue weighted by molar-refractivity contribution is 0.324. The Kier molecular flexibility index (Phi) is 1.48. The van der Waals surface area contributed by atoms with Crippen LogP contribution in [0.3, 0.4) is 0 Å². The number of rotatable bonds is 0. The molecule has 0 aromatic heterocycles. The van der Waals surface area contributed by atoms with Crippen molar-refractivity contribution in [3.05, 3.63) is 0 Å². The third-order valence-electron chi connectivity index (χ3n) is 3.28. The van der Waals surface area contributed by atoms with E-state index in [-0.39, 0.29) is 0 Å². The topological polar surface area (TPSA) is 12.0 Å². The lowest BCUT2D eigenvalue weighted by Gasteiger charge is -2.20. The SMILES string of the molecule is C[C@@H]1CC[C@]2(CCNC2)C1. The van der Waals surface area contributed by atoms with Gasteiger partial charge in [-0.25, -0.2) is 0 Å². The summed E-state index contributed by atoms with van der Waals surface area (Å²) in [5.74, 6) is 1.000. The molecule has 58 valence electrons. The minimum atomic E-state index is 0.749. The number of hydrogen-bond acceptors (Lipinski definition) is 1. The van der Waals surface area contributed by atoms with Gasteiger partial charge in [-0.15, -0.1) is 0 Å². The Balaban J connectivity index is 2.03. The second-order valence-corrected chi connectivity index (χ2v) is 4.27. The van der Waals surface area contributed by atoms with Crippen LogP contribution in [0.15, 0.2) is 0 Å². The molecule has 0 unspecified atom stereocenters. The van der Waals surface area contributed by atoms with E-state index < -0.39 is 0 Å². The second-order valence-electron chi connectivity index (χ2n) is 4.27. The molecule has 1 nitrogen and oxygen atoms in total. The van der Waals surface area contributed by atoms with E-state index in [1.54, 1.807) is 0 Å². The van der Waals surface area contributed by atoms with Gasteiger partial charge in [-0.1, -0.05) is 13.3 Å². The summed E-state index contributed by atoms with van der Waals surface area (Å²) in [6.45, 7) is 4.97. The van der Waals surface area contributed by atoms with E-state index in [0.717, 1.165) is 11.3 Å². The molecule has 1 aliphatic carbocycles. The highest BCUT2D eigenvalue weighted by molar-refractivity contribution is 4.93. The fraction of sp³-hybridized carbons (Fsp3) is 1.00. The second kappa shape index (κ2) is 2.23. The molecule has 0 bridgehead atoms. The summed E-state index contributed by atoms with van der Waals surface area (Å²) in [7, 11) is 0. The molecule has 0 aromatic rings. The smallest absolute Gasteiger partial charge is 0.000839 e. The van der Waals surface area contributed by atoms with E-state index in [1.165, 1.54) is 38.8 Å². The summed E-state index contributed by atoms with van der Waals surface area (Å²) in [6.07, 6.45) is 5.89. The van der Waals surface area contributed by atoms with Gasteiger partial charge in [0.1, 0.15) is 0 Å². The van der Waals surface area contributed by atoms with Gasteiger partial charge in [-0.05, 0) is 37.1 Å². The Morgan fingerprint density at radius 3 is 2.80 bits per heavy atom. The van der Waals surface area contributed by atoms with Crippen LogP contribution in [-0.4, -0.2) is 13.1 Å². The molecular formula is C9H17N. The van der Waals surface area contributed by atoms with Crippen molar-refractivity contribution in [2.24, 2.45) is 11.3 Å². The highest BCUT2D eigenvalue weighted by Gasteiger charge is 2.39. The van der Waals surface area contributed by atoms with E-state index >= 15 is 0 Å². The number of nitrogens with one attached hydrogen (secondary N) is 1. The van der Waals surface area contributed by atoms with Crippen LogP contribution in [0.4, 0.5) is 0 Å². The fourth-order valence-electron chi connectivity index (χ4n) is 2.68. The van der Waals surface area contributed by atoms with Crippen LogP contribution in [-0.2, 0) is 0 Å². The van der Waals surface area contributed by atoms with Gasteiger partial charge in [0.15, 0.2) is 0 Å². The van der Waals surface area contributed by atoms with Gasteiger partial charge in [0.05, 0.1) is 0 Å². The van der Waals surface area contributed by atoms with Crippen molar-refractivity contribution in [3.8, 4) is 0 Å². The predicted octanol–water partition coefficient (Wildman–Crippen LogP) is 1.79. The monoisotopic (exact) mass is 139 g/mol. The Bertz CT molecular complexity index is 125. The summed E-state index contributed by atoms with van der Waals surface area (Å²) >= 11 is 0. The largest absolute Gasteiger partial charge is 0.316 e. The van der Waals surface area contributed by atoms with Gasteiger partial charge in [0, 0.05) is 6.54 Å². The van der Waals surface area contributed by atoms with E-state index in [9.17, 15) is 0 Å². The minimum absolute atomic E-state index is 0.749. The molecule has 1 N–H and O–H groups in total. The average molecular weight is 139 g/mol. The molecule has 2 rings (SSSR count). The normalized spacial score (nSPS) is 47.1. The maximum atomic E-state index is 3.48. The minimum Gasteiger partial charge on any atom is -0.316 e. The van der Waals surface area contributed by atoms with Gasteiger partial charge >= 0.3 is 0 Å². The van der Waals surface area contributed by atoms with Crippen LogP contribution >= 0.6 is 0 Å². The maximum absolute atomic E-state index is 3.48. The fourth-order valence-corrected chi connectivity index (χ4v) is 2.68. The van der Waals surface area contributed by atoms with Crippen LogP contribution in [0.5, 0.6) is 0 Å². The molecule has 0 aromatic carbocycles. The van der Waals surface area contributed by atoms with E-state index in [4.69, 9.17) is 0 Å². The van der Waals surface area contributed by atoms with Gasteiger partial charge in [-0.3, -0.25) is 0 Å². The molecule has 2 fully saturated rings. The first kappa shape index (κ1) is 6.66. The van der Waals surface area contributed by atoms with Gasteiger partial charge in [0.2, 0.25) is 0 Å². The summed E-state index contributed by atoms with van der Waals surface area (Å²) in [5, 5.41) is 3.48. The highest BCUT2D eigenvalue weighted by Crippen LogP contribution is 2.45. The van der Waals surface area contributed by atoms with Crippen molar-refractivity contribution < 1.29 is 0 Å².